The van der Waals surface area contributed by atoms with Crippen LogP contribution in [-0.2, 0) is 0 Å². The molecule has 7 nitrogen and oxygen atoms in total. The zero-order valence-electron chi connectivity index (χ0n) is 13.0. The van der Waals surface area contributed by atoms with Crippen LogP contribution < -0.4 is 4.90 Å². The molecule has 3 heterocycles. The van der Waals surface area contributed by atoms with Crippen LogP contribution in [0.15, 0.2) is 29.2 Å². The van der Waals surface area contributed by atoms with E-state index in [-0.39, 0.29) is 24.3 Å². The van der Waals surface area contributed by atoms with Gasteiger partial charge in [-0.2, -0.15) is 0 Å². The first-order valence-electron chi connectivity index (χ1n) is 7.40. The van der Waals surface area contributed by atoms with E-state index in [4.69, 9.17) is 4.52 Å². The van der Waals surface area contributed by atoms with E-state index in [1.54, 1.807) is 32.3 Å². The molecule has 0 aromatic carbocycles. The zero-order chi connectivity index (χ0) is 16.4. The average molecular weight is 319 g/mol. The van der Waals surface area contributed by atoms with Crippen molar-refractivity contribution in [1.82, 2.24) is 20.0 Å². The summed E-state index contributed by atoms with van der Waals surface area (Å²) >= 11 is 0. The molecule has 0 bridgehead atoms. The lowest BCUT2D eigenvalue weighted by molar-refractivity contribution is 0.0744. The van der Waals surface area contributed by atoms with Gasteiger partial charge in [0, 0.05) is 32.3 Å². The van der Waals surface area contributed by atoms with Crippen LogP contribution in [0.5, 0.6) is 0 Å². The summed E-state index contributed by atoms with van der Waals surface area (Å²) in [6.07, 6.45) is 2.48. The van der Waals surface area contributed by atoms with Crippen molar-refractivity contribution in [1.29, 1.82) is 0 Å². The molecular formula is C15H18FN5O2. The molecule has 0 aliphatic carbocycles. The Morgan fingerprint density at radius 3 is 3.04 bits per heavy atom. The number of aromatic nitrogens is 3. The van der Waals surface area contributed by atoms with E-state index in [9.17, 15) is 9.18 Å². The number of aryl methyl sites for hydroxylation is 1. The monoisotopic (exact) mass is 319 g/mol. The largest absolute Gasteiger partial charge is 0.351 e. The van der Waals surface area contributed by atoms with Gasteiger partial charge < -0.3 is 14.3 Å². The normalized spacial score (nSPS) is 20.7. The van der Waals surface area contributed by atoms with Crippen molar-refractivity contribution in [3.63, 3.8) is 0 Å². The highest BCUT2D eigenvalue weighted by Crippen LogP contribution is 2.26. The Hall–Kier alpha value is -2.51. The summed E-state index contributed by atoms with van der Waals surface area (Å²) in [5, 5.41) is 3.72. The molecule has 2 atom stereocenters. The van der Waals surface area contributed by atoms with Gasteiger partial charge in [0.25, 0.3) is 5.91 Å². The molecule has 1 fully saturated rings. The van der Waals surface area contributed by atoms with E-state index < -0.39 is 6.17 Å². The van der Waals surface area contributed by atoms with Gasteiger partial charge in [-0.05, 0) is 13.0 Å². The Morgan fingerprint density at radius 1 is 1.57 bits per heavy atom. The highest BCUT2D eigenvalue weighted by atomic mass is 19.1. The van der Waals surface area contributed by atoms with E-state index in [0.29, 0.717) is 24.5 Å². The number of hydrogen-bond acceptors (Lipinski definition) is 6. The maximum atomic E-state index is 13.9. The van der Waals surface area contributed by atoms with Crippen molar-refractivity contribution >= 4 is 11.7 Å². The smallest absolute Gasteiger partial charge is 0.292 e. The lowest BCUT2D eigenvalue weighted by Gasteiger charge is -2.28. The zero-order valence-corrected chi connectivity index (χ0v) is 13.0. The molecule has 8 heteroatoms. The molecule has 0 spiro atoms. The van der Waals surface area contributed by atoms with Gasteiger partial charge in [0.05, 0.1) is 18.3 Å². The van der Waals surface area contributed by atoms with Crippen LogP contribution in [0.2, 0.25) is 0 Å². The molecule has 0 radical (unpaired) electrons. The first kappa shape index (κ1) is 15.4. The van der Waals surface area contributed by atoms with Gasteiger partial charge in [-0.1, -0.05) is 5.16 Å². The van der Waals surface area contributed by atoms with Crippen LogP contribution in [0.25, 0.3) is 0 Å². The summed E-state index contributed by atoms with van der Waals surface area (Å²) in [6.45, 7) is 2.40. The first-order valence-corrected chi connectivity index (χ1v) is 7.40. The molecular weight excluding hydrogens is 301 g/mol. The molecule has 3 rings (SSSR count). The van der Waals surface area contributed by atoms with Crippen LogP contribution in [0.1, 0.15) is 22.7 Å². The van der Waals surface area contributed by atoms with Crippen LogP contribution in [-0.4, -0.2) is 58.3 Å². The van der Waals surface area contributed by atoms with Crippen LogP contribution in [0.4, 0.5) is 10.2 Å². The molecule has 0 N–H and O–H groups in total. The predicted molar refractivity (Wildman–Crippen MR) is 80.9 cm³/mol. The molecule has 0 saturated carbocycles. The fourth-order valence-corrected chi connectivity index (χ4v) is 2.82. The van der Waals surface area contributed by atoms with E-state index in [0.717, 1.165) is 0 Å². The Bertz CT molecular complexity index is 678. The number of carbonyl (C=O) groups excluding carboxylic acids is 1. The van der Waals surface area contributed by atoms with E-state index in [2.05, 4.69) is 15.1 Å². The van der Waals surface area contributed by atoms with Crippen LogP contribution in [0, 0.1) is 6.92 Å². The molecule has 2 aromatic rings. The summed E-state index contributed by atoms with van der Waals surface area (Å²) in [5.74, 6) is 0.588. The summed E-state index contributed by atoms with van der Waals surface area (Å²) in [4.78, 5) is 23.8. The molecule has 23 heavy (non-hydrogen) atoms. The SMILES string of the molecule is Cc1cc(C(=O)N(C)C[C@@H]2C[C@H](F)CN2c2ccncn2)on1. The van der Waals surface area contributed by atoms with Crippen molar-refractivity contribution in [3.05, 3.63) is 36.1 Å². The number of alkyl halides is 1. The second-order valence-corrected chi connectivity index (χ2v) is 5.72. The maximum Gasteiger partial charge on any atom is 0.292 e. The summed E-state index contributed by atoms with van der Waals surface area (Å²) in [7, 11) is 1.67. The van der Waals surface area contributed by atoms with Gasteiger partial charge in [-0.3, -0.25) is 4.79 Å². The molecule has 1 saturated heterocycles. The number of anilines is 1. The van der Waals surface area contributed by atoms with Gasteiger partial charge in [-0.25, -0.2) is 14.4 Å². The van der Waals surface area contributed by atoms with Gasteiger partial charge >= 0.3 is 0 Å². The number of rotatable bonds is 4. The summed E-state index contributed by atoms with van der Waals surface area (Å²) in [5.41, 5.74) is 0.647. The molecule has 2 aromatic heterocycles. The van der Waals surface area contributed by atoms with E-state index in [1.165, 1.54) is 11.2 Å². The van der Waals surface area contributed by atoms with Crippen LogP contribution in [0.3, 0.4) is 0 Å². The summed E-state index contributed by atoms with van der Waals surface area (Å²) in [6, 6.07) is 3.19. The lowest BCUT2D eigenvalue weighted by atomic mass is 10.2. The topological polar surface area (TPSA) is 75.4 Å². The van der Waals surface area contributed by atoms with Crippen molar-refractivity contribution in [2.75, 3.05) is 25.0 Å². The van der Waals surface area contributed by atoms with Crippen molar-refractivity contribution < 1.29 is 13.7 Å². The standard InChI is InChI=1S/C15H18FN5O2/c1-10-5-13(23-19-10)15(22)20(2)8-12-6-11(16)7-21(12)14-3-4-17-9-18-14/h3-5,9,11-12H,6-8H2,1-2H3/t11-,12-/m0/s1. The van der Waals surface area contributed by atoms with Crippen molar-refractivity contribution in [3.8, 4) is 0 Å². The average Bonchev–Trinajstić information content (AvgIpc) is 3.13. The number of likely N-dealkylation sites (N-methyl/N-ethyl adjacent to an activating group) is 1. The number of nitrogens with zero attached hydrogens (tertiary/aromatic N) is 5. The number of halogens is 1. The van der Waals surface area contributed by atoms with E-state index in [1.807, 2.05) is 4.90 Å². The predicted octanol–water partition coefficient (Wildman–Crippen LogP) is 1.46. The number of hydrogen-bond donors (Lipinski definition) is 0. The molecule has 1 amide bonds. The molecule has 0 unspecified atom stereocenters. The second kappa shape index (κ2) is 6.31. The third kappa shape index (κ3) is 3.30. The van der Waals surface area contributed by atoms with Gasteiger partial charge in [0.1, 0.15) is 18.3 Å². The Balaban J connectivity index is 1.71. The van der Waals surface area contributed by atoms with Crippen molar-refractivity contribution in [2.24, 2.45) is 0 Å². The minimum Gasteiger partial charge on any atom is -0.351 e. The van der Waals surface area contributed by atoms with Crippen molar-refractivity contribution in [2.45, 2.75) is 25.6 Å². The Labute approximate surface area is 133 Å². The lowest BCUT2D eigenvalue weighted by Crippen LogP contribution is -2.41. The minimum absolute atomic E-state index is 0.141. The van der Waals surface area contributed by atoms with E-state index >= 15 is 0 Å². The fourth-order valence-electron chi connectivity index (χ4n) is 2.82. The van der Waals surface area contributed by atoms with Crippen LogP contribution >= 0.6 is 0 Å². The second-order valence-electron chi connectivity index (χ2n) is 5.72. The summed E-state index contributed by atoms with van der Waals surface area (Å²) < 4.78 is 18.9. The Kier molecular flexibility index (Phi) is 4.22. The van der Waals surface area contributed by atoms with Gasteiger partial charge in [0.2, 0.25) is 5.76 Å². The molecule has 1 aliphatic heterocycles. The highest BCUT2D eigenvalue weighted by Gasteiger charge is 2.34. The third-order valence-corrected chi connectivity index (χ3v) is 3.89. The minimum atomic E-state index is -0.939. The number of amides is 1. The van der Waals surface area contributed by atoms with Gasteiger partial charge in [-0.15, -0.1) is 0 Å². The van der Waals surface area contributed by atoms with Gasteiger partial charge in [0.15, 0.2) is 0 Å². The fraction of sp³-hybridized carbons (Fsp3) is 0.467. The third-order valence-electron chi connectivity index (χ3n) is 3.89. The molecule has 1 aliphatic rings. The Morgan fingerprint density at radius 2 is 2.39 bits per heavy atom. The maximum absolute atomic E-state index is 13.9. The highest BCUT2D eigenvalue weighted by molar-refractivity contribution is 5.91. The number of carbonyl (C=O) groups is 1. The quantitative estimate of drug-likeness (QED) is 0.849. The first-order chi connectivity index (χ1) is 11.0. The molecule has 122 valence electrons.